The number of sulfone groups is 1. The van der Waals surface area contributed by atoms with Gasteiger partial charge in [-0.2, -0.15) is 4.68 Å². The van der Waals surface area contributed by atoms with Gasteiger partial charge in [-0.1, -0.05) is 53.2 Å². The number of para-hydroxylation sites is 1. The number of thioether (sulfide) groups is 1. The van der Waals surface area contributed by atoms with Crippen LogP contribution in [0.5, 0.6) is 0 Å². The molecule has 3 aromatic rings. The predicted octanol–water partition coefficient (Wildman–Crippen LogP) is 3.54. The Morgan fingerprint density at radius 2 is 1.84 bits per heavy atom. The molecule has 6 nitrogen and oxygen atoms in total. The van der Waals surface area contributed by atoms with Crippen LogP contribution in [0.4, 0.5) is 0 Å². The largest absolute Gasteiger partial charge is 0.224 e. The van der Waals surface area contributed by atoms with Gasteiger partial charge in [0.05, 0.1) is 21.4 Å². The van der Waals surface area contributed by atoms with E-state index in [1.807, 2.05) is 30.3 Å². The highest BCUT2D eigenvalue weighted by Gasteiger charge is 2.19. The smallest absolute Gasteiger partial charge is 0.214 e. The molecule has 25 heavy (non-hydrogen) atoms. The molecule has 1 heterocycles. The first-order valence-corrected chi connectivity index (χ1v) is 10.5. The van der Waals surface area contributed by atoms with Crippen molar-refractivity contribution in [3.05, 3.63) is 58.6 Å². The van der Waals surface area contributed by atoms with Crippen LogP contribution in [0.2, 0.25) is 10.0 Å². The Bertz CT molecular complexity index is 978. The number of rotatable bonds is 6. The molecule has 0 N–H and O–H groups in total. The van der Waals surface area contributed by atoms with Gasteiger partial charge in [-0.3, -0.25) is 0 Å². The fourth-order valence-electron chi connectivity index (χ4n) is 2.07. The molecule has 10 heteroatoms. The third-order valence-corrected chi connectivity index (χ3v) is 6.86. The van der Waals surface area contributed by atoms with Crippen LogP contribution < -0.4 is 0 Å². The second kappa shape index (κ2) is 7.74. The van der Waals surface area contributed by atoms with Crippen LogP contribution in [0.25, 0.3) is 5.69 Å². The summed E-state index contributed by atoms with van der Waals surface area (Å²) in [6.07, 6.45) is 0. The van der Waals surface area contributed by atoms with Gasteiger partial charge in [-0.05, 0) is 40.8 Å². The average Bonchev–Trinajstić information content (AvgIpc) is 3.06. The zero-order valence-corrected chi connectivity index (χ0v) is 15.9. The Kier molecular flexibility index (Phi) is 5.63. The van der Waals surface area contributed by atoms with E-state index >= 15 is 0 Å². The number of tetrazole rings is 1. The highest BCUT2D eigenvalue weighted by atomic mass is 35.5. The van der Waals surface area contributed by atoms with Crippen molar-refractivity contribution in [2.75, 3.05) is 11.5 Å². The van der Waals surface area contributed by atoms with E-state index in [9.17, 15) is 8.42 Å². The summed E-state index contributed by atoms with van der Waals surface area (Å²) in [7, 11) is -3.56. The molecule has 0 aliphatic carbocycles. The normalized spacial score (nSPS) is 11.6. The van der Waals surface area contributed by atoms with Gasteiger partial charge in [0, 0.05) is 10.8 Å². The fourth-order valence-corrected chi connectivity index (χ4v) is 5.42. The van der Waals surface area contributed by atoms with Gasteiger partial charge in [-0.15, -0.1) is 5.10 Å². The molecule has 3 rings (SSSR count). The van der Waals surface area contributed by atoms with Crippen LogP contribution in [0.15, 0.2) is 58.6 Å². The minimum absolute atomic E-state index is 0.0323. The van der Waals surface area contributed by atoms with E-state index < -0.39 is 9.84 Å². The van der Waals surface area contributed by atoms with Crippen LogP contribution in [-0.4, -0.2) is 40.1 Å². The van der Waals surface area contributed by atoms with Crippen molar-refractivity contribution in [2.24, 2.45) is 0 Å². The first-order chi connectivity index (χ1) is 12.0. The Balaban J connectivity index is 1.72. The molecule has 1 aromatic heterocycles. The van der Waals surface area contributed by atoms with E-state index in [0.29, 0.717) is 10.2 Å². The van der Waals surface area contributed by atoms with E-state index in [1.165, 1.54) is 23.9 Å². The Labute approximate surface area is 159 Å². The fraction of sp³-hybridized carbons (Fsp3) is 0.133. The van der Waals surface area contributed by atoms with Crippen LogP contribution in [0, 0.1) is 0 Å². The molecular weight excluding hydrogens is 403 g/mol. The Hall–Kier alpha value is -1.61. The lowest BCUT2D eigenvalue weighted by molar-refractivity contribution is 0.597. The summed E-state index contributed by atoms with van der Waals surface area (Å²) in [4.78, 5) is 0.0323. The van der Waals surface area contributed by atoms with Crippen molar-refractivity contribution < 1.29 is 8.42 Å². The van der Waals surface area contributed by atoms with E-state index in [2.05, 4.69) is 15.5 Å². The van der Waals surface area contributed by atoms with Gasteiger partial charge in [0.25, 0.3) is 0 Å². The van der Waals surface area contributed by atoms with Gasteiger partial charge in [0.1, 0.15) is 0 Å². The Morgan fingerprint density at radius 1 is 1.08 bits per heavy atom. The maximum atomic E-state index is 12.5. The lowest BCUT2D eigenvalue weighted by Gasteiger charge is -2.07. The lowest BCUT2D eigenvalue weighted by atomic mass is 10.3. The number of hydrogen-bond donors (Lipinski definition) is 0. The summed E-state index contributed by atoms with van der Waals surface area (Å²) in [6, 6.07) is 13.7. The summed E-state index contributed by atoms with van der Waals surface area (Å²) in [5.74, 6) is 0.164. The zero-order valence-electron chi connectivity index (χ0n) is 12.7. The number of nitrogens with zero attached hydrogens (tertiary/aromatic N) is 4. The molecule has 0 aliphatic heterocycles. The Morgan fingerprint density at radius 3 is 2.60 bits per heavy atom. The van der Waals surface area contributed by atoms with Gasteiger partial charge in [0.15, 0.2) is 9.84 Å². The molecule has 0 spiro atoms. The lowest BCUT2D eigenvalue weighted by Crippen LogP contribution is -2.10. The molecule has 0 fully saturated rings. The van der Waals surface area contributed by atoms with Crippen molar-refractivity contribution in [3.8, 4) is 5.69 Å². The predicted molar refractivity (Wildman–Crippen MR) is 98.4 cm³/mol. The SMILES string of the molecule is O=S(=O)(CCSc1nnnn1-c1ccccc1)c1cc(Cl)ccc1Cl. The average molecular weight is 415 g/mol. The van der Waals surface area contributed by atoms with Crippen LogP contribution in [0.1, 0.15) is 0 Å². The van der Waals surface area contributed by atoms with E-state index in [0.717, 1.165) is 5.69 Å². The summed E-state index contributed by atoms with van der Waals surface area (Å²) in [5.41, 5.74) is 0.802. The summed E-state index contributed by atoms with van der Waals surface area (Å²) >= 11 is 13.1. The molecule has 2 aromatic carbocycles. The maximum absolute atomic E-state index is 12.5. The molecule has 0 radical (unpaired) electrons. The quantitative estimate of drug-likeness (QED) is 0.574. The summed E-state index contributed by atoms with van der Waals surface area (Å²) < 4.78 is 26.5. The maximum Gasteiger partial charge on any atom is 0.214 e. The van der Waals surface area contributed by atoms with Crippen molar-refractivity contribution in [1.29, 1.82) is 0 Å². The van der Waals surface area contributed by atoms with Gasteiger partial charge < -0.3 is 0 Å². The molecule has 0 aliphatic rings. The van der Waals surface area contributed by atoms with Crippen molar-refractivity contribution >= 4 is 44.8 Å². The molecule has 0 unspecified atom stereocenters. The van der Waals surface area contributed by atoms with Crippen LogP contribution in [0.3, 0.4) is 0 Å². The van der Waals surface area contributed by atoms with Crippen molar-refractivity contribution in [1.82, 2.24) is 20.2 Å². The number of hydrogen-bond acceptors (Lipinski definition) is 6. The number of halogens is 2. The number of benzene rings is 2. The molecule has 0 amide bonds. The highest BCUT2D eigenvalue weighted by molar-refractivity contribution is 8.00. The minimum Gasteiger partial charge on any atom is -0.224 e. The standard InChI is InChI=1S/C15H12Cl2N4O2S2/c16-11-6-7-13(17)14(10-11)25(22,23)9-8-24-15-18-19-20-21(15)12-4-2-1-3-5-12/h1-7,10H,8-9H2. The molecule has 0 saturated heterocycles. The van der Waals surface area contributed by atoms with Crippen molar-refractivity contribution in [2.45, 2.75) is 10.1 Å². The van der Waals surface area contributed by atoms with E-state index in [4.69, 9.17) is 23.2 Å². The van der Waals surface area contributed by atoms with Gasteiger partial charge in [0.2, 0.25) is 5.16 Å². The first kappa shape index (κ1) is 18.2. The van der Waals surface area contributed by atoms with Crippen LogP contribution >= 0.6 is 35.0 Å². The summed E-state index contributed by atoms with van der Waals surface area (Å²) in [6.45, 7) is 0. The van der Waals surface area contributed by atoms with E-state index in [1.54, 1.807) is 10.7 Å². The van der Waals surface area contributed by atoms with Gasteiger partial charge >= 0.3 is 0 Å². The molecule has 0 saturated carbocycles. The van der Waals surface area contributed by atoms with Crippen LogP contribution in [-0.2, 0) is 9.84 Å². The second-order valence-corrected chi connectivity index (χ2v) is 8.93. The number of aromatic nitrogens is 4. The third kappa shape index (κ3) is 4.33. The van der Waals surface area contributed by atoms with Crippen molar-refractivity contribution in [3.63, 3.8) is 0 Å². The third-order valence-electron chi connectivity index (χ3n) is 3.25. The minimum atomic E-state index is -3.56. The highest BCUT2D eigenvalue weighted by Crippen LogP contribution is 2.27. The first-order valence-electron chi connectivity index (χ1n) is 7.12. The molecule has 130 valence electrons. The molecule has 0 bridgehead atoms. The second-order valence-electron chi connectivity index (χ2n) is 4.95. The topological polar surface area (TPSA) is 77.7 Å². The molecule has 0 atom stereocenters. The molecular formula is C15H12Cl2N4O2S2. The zero-order chi connectivity index (χ0) is 17.9. The summed E-state index contributed by atoms with van der Waals surface area (Å²) in [5, 5.41) is 12.5. The monoisotopic (exact) mass is 414 g/mol. The van der Waals surface area contributed by atoms with E-state index in [-0.39, 0.29) is 21.4 Å². The van der Waals surface area contributed by atoms with Gasteiger partial charge in [-0.25, -0.2) is 8.42 Å².